The Morgan fingerprint density at radius 2 is 1.76 bits per heavy atom. The summed E-state index contributed by atoms with van der Waals surface area (Å²) in [5.74, 6) is -1.12. The number of hydroxylamine groups is 2. The molecule has 1 saturated heterocycles. The van der Waals surface area contributed by atoms with Crippen molar-refractivity contribution in [1.29, 1.82) is 0 Å². The van der Waals surface area contributed by atoms with Crippen molar-refractivity contribution in [2.24, 2.45) is 0 Å². The Morgan fingerprint density at radius 1 is 1.02 bits per heavy atom. The van der Waals surface area contributed by atoms with E-state index in [-0.39, 0.29) is 17.7 Å². The van der Waals surface area contributed by atoms with Gasteiger partial charge in [0, 0.05) is 47.4 Å². The maximum atomic E-state index is 13.7. The molecule has 0 radical (unpaired) electrons. The number of piperidine rings is 1. The van der Waals surface area contributed by atoms with E-state index in [2.05, 4.69) is 10.1 Å². The third-order valence-electron chi connectivity index (χ3n) is 6.50. The van der Waals surface area contributed by atoms with E-state index in [0.717, 1.165) is 39.9 Å². The number of aromatic nitrogens is 3. The maximum absolute atomic E-state index is 13.7. The van der Waals surface area contributed by atoms with Crippen LogP contribution in [0.1, 0.15) is 50.0 Å². The quantitative estimate of drug-likeness (QED) is 0.244. The van der Waals surface area contributed by atoms with Crippen LogP contribution < -0.4 is 5.56 Å². The van der Waals surface area contributed by atoms with E-state index in [4.69, 9.17) is 9.57 Å². The molecule has 0 aliphatic carbocycles. The van der Waals surface area contributed by atoms with E-state index in [0.29, 0.717) is 24.7 Å². The monoisotopic (exact) mass is 580 g/mol. The standard InChI is InChI=1S/C30H30F2N4O4S/c1-30(2,3)39-29(38)40-35-11-9-20(10-12-35)26-17-33-28(41-26)21-6-4-5-19(13-21)18-36-27(37)8-7-25(34-36)22-14-23(31)16-24(32)15-22/h4-8,13-17,20H,9-12,18H2,1-3H3. The largest absolute Gasteiger partial charge is 0.528 e. The number of ether oxygens (including phenoxy) is 1. The first-order valence-corrected chi connectivity index (χ1v) is 14.1. The minimum absolute atomic E-state index is 0.187. The highest BCUT2D eigenvalue weighted by Gasteiger charge is 2.27. The second kappa shape index (κ2) is 11.9. The molecule has 0 bridgehead atoms. The lowest BCUT2D eigenvalue weighted by molar-refractivity contribution is -0.152. The zero-order valence-electron chi connectivity index (χ0n) is 23.0. The van der Waals surface area contributed by atoms with Crippen LogP contribution in [0.4, 0.5) is 13.6 Å². The Balaban J connectivity index is 1.25. The molecule has 0 spiro atoms. The van der Waals surface area contributed by atoms with Gasteiger partial charge >= 0.3 is 6.16 Å². The summed E-state index contributed by atoms with van der Waals surface area (Å²) in [6.07, 6.45) is 2.85. The molecule has 0 N–H and O–H groups in total. The molecule has 0 amide bonds. The van der Waals surface area contributed by atoms with Crippen molar-refractivity contribution in [1.82, 2.24) is 19.8 Å². The molecule has 214 valence electrons. The number of thiazole rings is 1. The molecule has 3 heterocycles. The highest BCUT2D eigenvalue weighted by molar-refractivity contribution is 7.15. The van der Waals surface area contributed by atoms with Crippen LogP contribution in [0.2, 0.25) is 0 Å². The van der Waals surface area contributed by atoms with Gasteiger partial charge in [-0.1, -0.05) is 18.2 Å². The average molecular weight is 581 g/mol. The summed E-state index contributed by atoms with van der Waals surface area (Å²) in [6, 6.07) is 13.7. The predicted octanol–water partition coefficient (Wildman–Crippen LogP) is 6.41. The fraction of sp³-hybridized carbons (Fsp3) is 0.333. The summed E-state index contributed by atoms with van der Waals surface area (Å²) in [4.78, 5) is 35.6. The summed E-state index contributed by atoms with van der Waals surface area (Å²) in [7, 11) is 0. The zero-order chi connectivity index (χ0) is 29.1. The Kier molecular flexibility index (Phi) is 8.27. The van der Waals surface area contributed by atoms with Crippen LogP contribution in [0.3, 0.4) is 0 Å². The highest BCUT2D eigenvalue weighted by Crippen LogP contribution is 2.35. The van der Waals surface area contributed by atoms with Crippen LogP contribution in [-0.2, 0) is 16.1 Å². The minimum atomic E-state index is -0.713. The van der Waals surface area contributed by atoms with Gasteiger partial charge in [0.25, 0.3) is 5.56 Å². The lowest BCUT2D eigenvalue weighted by atomic mass is 9.97. The Labute approximate surface area is 240 Å². The number of benzene rings is 2. The van der Waals surface area contributed by atoms with E-state index in [1.54, 1.807) is 37.2 Å². The normalized spacial score (nSPS) is 14.7. The topological polar surface area (TPSA) is 86.6 Å². The first-order valence-electron chi connectivity index (χ1n) is 13.3. The molecule has 0 unspecified atom stereocenters. The molecular formula is C30H30F2N4O4S. The average Bonchev–Trinajstić information content (AvgIpc) is 3.39. The first-order chi connectivity index (χ1) is 19.5. The summed E-state index contributed by atoms with van der Waals surface area (Å²) >= 11 is 1.62. The molecule has 2 aromatic carbocycles. The van der Waals surface area contributed by atoms with Gasteiger partial charge in [-0.25, -0.2) is 23.2 Å². The number of carbonyl (C=O) groups is 1. The van der Waals surface area contributed by atoms with Crippen molar-refractivity contribution < 1.29 is 23.1 Å². The van der Waals surface area contributed by atoms with Crippen LogP contribution in [0.15, 0.2) is 65.6 Å². The first kappa shape index (κ1) is 28.6. The van der Waals surface area contributed by atoms with Crippen molar-refractivity contribution in [3.63, 3.8) is 0 Å². The number of hydrogen-bond acceptors (Lipinski definition) is 8. The van der Waals surface area contributed by atoms with E-state index in [1.165, 1.54) is 28.9 Å². The van der Waals surface area contributed by atoms with Crippen molar-refractivity contribution >= 4 is 17.5 Å². The van der Waals surface area contributed by atoms with Crippen LogP contribution in [0.25, 0.3) is 21.8 Å². The predicted molar refractivity (Wildman–Crippen MR) is 151 cm³/mol. The Morgan fingerprint density at radius 3 is 2.46 bits per heavy atom. The molecule has 1 aliphatic rings. The fourth-order valence-electron chi connectivity index (χ4n) is 4.61. The number of carbonyl (C=O) groups excluding carboxylic acids is 1. The third kappa shape index (κ3) is 7.42. The molecule has 5 rings (SSSR count). The van der Waals surface area contributed by atoms with Crippen molar-refractivity contribution in [3.8, 4) is 21.8 Å². The molecule has 0 saturated carbocycles. The second-order valence-electron chi connectivity index (χ2n) is 10.9. The summed E-state index contributed by atoms with van der Waals surface area (Å²) in [5, 5.41) is 6.85. The molecule has 2 aromatic heterocycles. The highest BCUT2D eigenvalue weighted by atomic mass is 32.1. The van der Waals surface area contributed by atoms with Crippen LogP contribution in [0.5, 0.6) is 0 Å². The van der Waals surface area contributed by atoms with Gasteiger partial charge in [-0.15, -0.1) is 16.4 Å². The number of nitrogens with zero attached hydrogens (tertiary/aromatic N) is 4. The van der Waals surface area contributed by atoms with E-state index in [9.17, 15) is 18.4 Å². The smallest absolute Gasteiger partial charge is 0.427 e. The molecule has 11 heteroatoms. The Bertz CT molecular complexity index is 1590. The SMILES string of the molecule is CC(C)(C)OC(=O)ON1CCC(c2cnc(-c3cccc(Cn4nc(-c5cc(F)cc(F)c5)ccc4=O)c3)s2)CC1. The molecule has 8 nitrogen and oxygen atoms in total. The summed E-state index contributed by atoms with van der Waals surface area (Å²) in [5.41, 5.74) is 1.37. The summed E-state index contributed by atoms with van der Waals surface area (Å²) in [6.45, 7) is 6.79. The van der Waals surface area contributed by atoms with Gasteiger partial charge in [-0.05, 0) is 69.4 Å². The number of rotatable bonds is 6. The zero-order valence-corrected chi connectivity index (χ0v) is 23.8. The van der Waals surface area contributed by atoms with E-state index < -0.39 is 23.4 Å². The van der Waals surface area contributed by atoms with Gasteiger partial charge in [0.2, 0.25) is 0 Å². The van der Waals surface area contributed by atoms with E-state index >= 15 is 0 Å². The van der Waals surface area contributed by atoms with E-state index in [1.807, 2.05) is 30.5 Å². The van der Waals surface area contributed by atoms with Crippen molar-refractivity contribution in [2.45, 2.75) is 51.7 Å². The third-order valence-corrected chi connectivity index (χ3v) is 7.71. The fourth-order valence-corrected chi connectivity index (χ4v) is 5.69. The lowest BCUT2D eigenvalue weighted by Crippen LogP contribution is -2.37. The molecular weight excluding hydrogens is 550 g/mol. The minimum Gasteiger partial charge on any atom is -0.427 e. The lowest BCUT2D eigenvalue weighted by Gasteiger charge is -2.30. The van der Waals surface area contributed by atoms with Gasteiger partial charge in [-0.3, -0.25) is 4.79 Å². The van der Waals surface area contributed by atoms with Gasteiger partial charge in [0.15, 0.2) is 0 Å². The molecule has 4 aromatic rings. The van der Waals surface area contributed by atoms with Crippen LogP contribution in [-0.4, -0.2) is 44.7 Å². The van der Waals surface area contributed by atoms with Crippen LogP contribution >= 0.6 is 11.3 Å². The maximum Gasteiger partial charge on any atom is 0.528 e. The van der Waals surface area contributed by atoms with Crippen LogP contribution in [0, 0.1) is 11.6 Å². The second-order valence-corrected chi connectivity index (χ2v) is 12.0. The Hall–Kier alpha value is -3.96. The molecule has 1 aliphatic heterocycles. The van der Waals surface area contributed by atoms with Gasteiger partial charge in [-0.2, -0.15) is 5.10 Å². The van der Waals surface area contributed by atoms with Crippen molar-refractivity contribution in [3.05, 3.63) is 93.2 Å². The van der Waals surface area contributed by atoms with Gasteiger partial charge < -0.3 is 9.57 Å². The van der Waals surface area contributed by atoms with Crippen molar-refractivity contribution in [2.75, 3.05) is 13.1 Å². The van der Waals surface area contributed by atoms with Gasteiger partial charge in [0.1, 0.15) is 22.2 Å². The molecule has 41 heavy (non-hydrogen) atoms. The van der Waals surface area contributed by atoms with Gasteiger partial charge in [0.05, 0.1) is 12.2 Å². The molecule has 1 fully saturated rings. The molecule has 0 atom stereocenters. The number of halogens is 2. The number of hydrogen-bond donors (Lipinski definition) is 0. The summed E-state index contributed by atoms with van der Waals surface area (Å²) < 4.78 is 33.9.